The van der Waals surface area contributed by atoms with Gasteiger partial charge >= 0.3 is 0 Å². The second-order valence-corrected chi connectivity index (χ2v) is 4.58. The molecule has 0 aromatic heterocycles. The molecule has 1 heterocycles. The smallest absolute Gasteiger partial charge is 0.263 e. The van der Waals surface area contributed by atoms with Gasteiger partial charge in [0.15, 0.2) is 0 Å². The SMILES string of the molecule is CC(C)CN1CCC(C)C(F)(F)C1. The third-order valence-corrected chi connectivity index (χ3v) is 2.66. The lowest BCUT2D eigenvalue weighted by atomic mass is 9.94. The van der Waals surface area contributed by atoms with E-state index in [0.717, 1.165) is 13.1 Å². The molecule has 13 heavy (non-hydrogen) atoms. The molecule has 1 unspecified atom stereocenters. The van der Waals surface area contributed by atoms with Crippen LogP contribution < -0.4 is 0 Å². The fourth-order valence-electron chi connectivity index (χ4n) is 1.79. The summed E-state index contributed by atoms with van der Waals surface area (Å²) in [6.45, 7) is 7.35. The van der Waals surface area contributed by atoms with Crippen molar-refractivity contribution in [1.82, 2.24) is 4.90 Å². The van der Waals surface area contributed by atoms with Crippen LogP contribution in [0.15, 0.2) is 0 Å². The van der Waals surface area contributed by atoms with Gasteiger partial charge in [-0.1, -0.05) is 20.8 Å². The molecular weight excluding hydrogens is 172 g/mol. The third-order valence-electron chi connectivity index (χ3n) is 2.66. The van der Waals surface area contributed by atoms with Gasteiger partial charge in [-0.25, -0.2) is 8.78 Å². The van der Waals surface area contributed by atoms with Crippen LogP contribution in [0.5, 0.6) is 0 Å². The maximum atomic E-state index is 13.3. The second-order valence-electron chi connectivity index (χ2n) is 4.58. The first-order chi connectivity index (χ1) is 5.92. The summed E-state index contributed by atoms with van der Waals surface area (Å²) in [5, 5.41) is 0. The van der Waals surface area contributed by atoms with Gasteiger partial charge in [0.05, 0.1) is 6.54 Å². The first-order valence-corrected chi connectivity index (χ1v) is 5.02. The lowest BCUT2D eigenvalue weighted by molar-refractivity contribution is -0.106. The Bertz CT molecular complexity index is 168. The molecule has 0 saturated carbocycles. The lowest BCUT2D eigenvalue weighted by Gasteiger charge is -2.37. The van der Waals surface area contributed by atoms with E-state index in [1.807, 2.05) is 4.90 Å². The fourth-order valence-corrected chi connectivity index (χ4v) is 1.79. The van der Waals surface area contributed by atoms with Crippen molar-refractivity contribution >= 4 is 0 Å². The summed E-state index contributed by atoms with van der Waals surface area (Å²) in [4.78, 5) is 1.88. The summed E-state index contributed by atoms with van der Waals surface area (Å²) < 4.78 is 26.5. The van der Waals surface area contributed by atoms with Crippen LogP contribution in [0.2, 0.25) is 0 Å². The van der Waals surface area contributed by atoms with E-state index in [4.69, 9.17) is 0 Å². The molecule has 0 amide bonds. The zero-order valence-corrected chi connectivity index (χ0v) is 8.69. The molecular formula is C10H19F2N. The standard InChI is InChI=1S/C10H19F2N/c1-8(2)6-13-5-4-9(3)10(11,12)7-13/h8-9H,4-7H2,1-3H3. The predicted octanol–water partition coefficient (Wildman–Crippen LogP) is 2.62. The third kappa shape index (κ3) is 2.90. The number of hydrogen-bond donors (Lipinski definition) is 0. The van der Waals surface area contributed by atoms with Gasteiger partial charge in [-0.05, 0) is 18.9 Å². The van der Waals surface area contributed by atoms with Crippen LogP contribution in [-0.4, -0.2) is 30.5 Å². The minimum absolute atomic E-state index is 0.0493. The Kier molecular flexibility index (Phi) is 3.28. The summed E-state index contributed by atoms with van der Waals surface area (Å²) in [6, 6.07) is 0. The quantitative estimate of drug-likeness (QED) is 0.648. The number of halogens is 2. The van der Waals surface area contributed by atoms with Crippen LogP contribution in [0.1, 0.15) is 27.2 Å². The van der Waals surface area contributed by atoms with Crippen LogP contribution in [-0.2, 0) is 0 Å². The van der Waals surface area contributed by atoms with Crippen molar-refractivity contribution in [2.45, 2.75) is 33.1 Å². The largest absolute Gasteiger partial charge is 0.297 e. The van der Waals surface area contributed by atoms with Crippen LogP contribution in [0.4, 0.5) is 8.78 Å². The molecule has 0 bridgehead atoms. The summed E-state index contributed by atoms with van der Waals surface area (Å²) in [6.07, 6.45) is 0.625. The van der Waals surface area contributed by atoms with Gasteiger partial charge < -0.3 is 0 Å². The van der Waals surface area contributed by atoms with Gasteiger partial charge in [0.1, 0.15) is 0 Å². The molecule has 0 radical (unpaired) electrons. The fraction of sp³-hybridized carbons (Fsp3) is 1.00. The topological polar surface area (TPSA) is 3.24 Å². The van der Waals surface area contributed by atoms with Gasteiger partial charge in [-0.15, -0.1) is 0 Å². The Labute approximate surface area is 79.1 Å². The van der Waals surface area contributed by atoms with E-state index in [0.29, 0.717) is 12.3 Å². The van der Waals surface area contributed by atoms with Crippen molar-refractivity contribution < 1.29 is 8.78 Å². The van der Waals surface area contributed by atoms with E-state index in [1.54, 1.807) is 6.92 Å². The molecule has 1 saturated heterocycles. The molecule has 1 fully saturated rings. The first kappa shape index (κ1) is 10.9. The Balaban J connectivity index is 2.46. The summed E-state index contributed by atoms with van der Waals surface area (Å²) in [7, 11) is 0. The van der Waals surface area contributed by atoms with E-state index in [-0.39, 0.29) is 6.54 Å². The Morgan fingerprint density at radius 3 is 2.54 bits per heavy atom. The van der Waals surface area contributed by atoms with Crippen LogP contribution in [0.3, 0.4) is 0 Å². The molecule has 1 aliphatic heterocycles. The number of alkyl halides is 2. The van der Waals surface area contributed by atoms with Crippen molar-refractivity contribution in [3.63, 3.8) is 0 Å². The van der Waals surface area contributed by atoms with Crippen molar-refractivity contribution in [2.24, 2.45) is 11.8 Å². The molecule has 3 heteroatoms. The summed E-state index contributed by atoms with van der Waals surface area (Å²) in [5.41, 5.74) is 0. The monoisotopic (exact) mass is 191 g/mol. The summed E-state index contributed by atoms with van der Waals surface area (Å²) in [5.74, 6) is -2.45. The highest BCUT2D eigenvalue weighted by molar-refractivity contribution is 4.84. The van der Waals surface area contributed by atoms with E-state index >= 15 is 0 Å². The molecule has 0 aromatic carbocycles. The summed E-state index contributed by atoms with van der Waals surface area (Å²) >= 11 is 0. The first-order valence-electron chi connectivity index (χ1n) is 5.02. The minimum Gasteiger partial charge on any atom is -0.297 e. The van der Waals surface area contributed by atoms with Crippen molar-refractivity contribution in [3.8, 4) is 0 Å². The molecule has 1 rings (SSSR count). The Morgan fingerprint density at radius 2 is 2.08 bits per heavy atom. The molecule has 0 N–H and O–H groups in total. The molecule has 1 aliphatic rings. The highest BCUT2D eigenvalue weighted by Crippen LogP contribution is 2.32. The number of hydrogen-bond acceptors (Lipinski definition) is 1. The maximum Gasteiger partial charge on any atom is 0.263 e. The van der Waals surface area contributed by atoms with E-state index in [9.17, 15) is 8.78 Å². The van der Waals surface area contributed by atoms with Gasteiger partial charge in [0.25, 0.3) is 5.92 Å². The molecule has 0 aliphatic carbocycles. The Morgan fingerprint density at radius 1 is 1.46 bits per heavy atom. The van der Waals surface area contributed by atoms with Gasteiger partial charge in [-0.2, -0.15) is 0 Å². The van der Waals surface area contributed by atoms with Crippen LogP contribution >= 0.6 is 0 Å². The highest BCUT2D eigenvalue weighted by Gasteiger charge is 2.41. The van der Waals surface area contributed by atoms with Crippen molar-refractivity contribution in [3.05, 3.63) is 0 Å². The van der Waals surface area contributed by atoms with Crippen molar-refractivity contribution in [2.75, 3.05) is 19.6 Å². The number of likely N-dealkylation sites (tertiary alicyclic amines) is 1. The molecule has 78 valence electrons. The minimum atomic E-state index is -2.48. The molecule has 0 spiro atoms. The normalized spacial score (nSPS) is 29.5. The van der Waals surface area contributed by atoms with Gasteiger partial charge in [0.2, 0.25) is 0 Å². The zero-order valence-electron chi connectivity index (χ0n) is 8.69. The van der Waals surface area contributed by atoms with E-state index in [2.05, 4.69) is 13.8 Å². The van der Waals surface area contributed by atoms with E-state index in [1.165, 1.54) is 0 Å². The predicted molar refractivity (Wildman–Crippen MR) is 50.0 cm³/mol. The van der Waals surface area contributed by atoms with Gasteiger partial charge in [-0.3, -0.25) is 4.90 Å². The molecule has 0 aromatic rings. The Hall–Kier alpha value is -0.180. The highest BCUT2D eigenvalue weighted by atomic mass is 19.3. The van der Waals surface area contributed by atoms with Crippen molar-refractivity contribution in [1.29, 1.82) is 0 Å². The maximum absolute atomic E-state index is 13.3. The average Bonchev–Trinajstić information content (AvgIpc) is 1.95. The van der Waals surface area contributed by atoms with E-state index < -0.39 is 11.8 Å². The van der Waals surface area contributed by atoms with Crippen LogP contribution in [0.25, 0.3) is 0 Å². The second kappa shape index (κ2) is 3.91. The molecule has 1 atom stereocenters. The zero-order chi connectivity index (χ0) is 10.1. The number of nitrogens with zero attached hydrogens (tertiary/aromatic N) is 1. The average molecular weight is 191 g/mol. The van der Waals surface area contributed by atoms with Crippen LogP contribution in [0, 0.1) is 11.8 Å². The number of piperidine rings is 1. The lowest BCUT2D eigenvalue weighted by Crippen LogP contribution is -2.48. The molecule has 1 nitrogen and oxygen atoms in total. The van der Waals surface area contributed by atoms with Gasteiger partial charge in [0, 0.05) is 12.5 Å². The number of rotatable bonds is 2.